The Kier molecular flexibility index (Phi) is 9.40. The number of carbonyl (C=O) groups is 2. The standard InChI is InChI=1S/C43H40N6O3/c1-52-39-21-20-33(26-34(39)36-28-45-43(47-36)38-15-9-23-49(38)41(51)25-30-12-6-3-7-13-30)31-16-18-32(19-17-31)35-27-44-42(46-35)37-14-8-22-48(37)40(50)24-29-10-4-2-5-11-29/h2-7,10-13,16-21,24-28,37-38H,8-9,14-15,22-23H2,1H3,(H,44,46)(H,45,47)/t37?,38-/m0/s1. The summed E-state index contributed by atoms with van der Waals surface area (Å²) >= 11 is 0. The van der Waals surface area contributed by atoms with Crippen molar-refractivity contribution in [3.8, 4) is 39.4 Å². The number of aromatic nitrogens is 4. The van der Waals surface area contributed by atoms with E-state index >= 15 is 0 Å². The van der Waals surface area contributed by atoms with Crippen molar-refractivity contribution in [1.29, 1.82) is 0 Å². The Balaban J connectivity index is 0.973. The highest BCUT2D eigenvalue weighted by atomic mass is 16.5. The largest absolute Gasteiger partial charge is 0.496 e. The van der Waals surface area contributed by atoms with E-state index in [1.54, 1.807) is 20.0 Å². The summed E-state index contributed by atoms with van der Waals surface area (Å²) in [6, 6.07) is 33.7. The van der Waals surface area contributed by atoms with E-state index in [0.29, 0.717) is 13.1 Å². The zero-order valence-corrected chi connectivity index (χ0v) is 29.0. The number of ether oxygens (including phenoxy) is 1. The number of H-pyrrole nitrogens is 2. The number of nitrogens with zero attached hydrogens (tertiary/aromatic N) is 4. The molecule has 2 N–H and O–H groups in total. The van der Waals surface area contributed by atoms with Gasteiger partial charge in [0.25, 0.3) is 0 Å². The van der Waals surface area contributed by atoms with Gasteiger partial charge >= 0.3 is 0 Å². The summed E-state index contributed by atoms with van der Waals surface area (Å²) in [5.41, 5.74) is 7.54. The highest BCUT2D eigenvalue weighted by Crippen LogP contribution is 2.37. The lowest BCUT2D eigenvalue weighted by atomic mass is 9.99. The van der Waals surface area contributed by atoms with Crippen LogP contribution in [0.5, 0.6) is 5.75 Å². The van der Waals surface area contributed by atoms with Gasteiger partial charge in [-0.1, -0.05) is 91.0 Å². The van der Waals surface area contributed by atoms with Gasteiger partial charge in [0.15, 0.2) is 0 Å². The fraction of sp³-hybridized carbons (Fsp3) is 0.209. The average Bonchev–Trinajstić information content (AvgIpc) is 4.02. The van der Waals surface area contributed by atoms with Crippen molar-refractivity contribution in [2.45, 2.75) is 37.8 Å². The molecule has 0 aliphatic carbocycles. The first kappa shape index (κ1) is 33.2. The number of rotatable bonds is 10. The summed E-state index contributed by atoms with van der Waals surface area (Å²) in [6.45, 7) is 1.41. The number of imidazole rings is 2. The Morgan fingerprint density at radius 2 is 1.15 bits per heavy atom. The third-order valence-electron chi connectivity index (χ3n) is 10.1. The highest BCUT2D eigenvalue weighted by molar-refractivity contribution is 5.89. The highest BCUT2D eigenvalue weighted by Gasteiger charge is 2.33. The quantitative estimate of drug-likeness (QED) is 0.152. The van der Waals surface area contributed by atoms with E-state index in [1.165, 1.54) is 0 Å². The van der Waals surface area contributed by atoms with Crippen LogP contribution < -0.4 is 4.74 Å². The molecule has 2 atom stereocenters. The van der Waals surface area contributed by atoms with Gasteiger partial charge in [-0.05, 0) is 65.6 Å². The molecule has 2 amide bonds. The lowest BCUT2D eigenvalue weighted by molar-refractivity contribution is -0.129. The van der Waals surface area contributed by atoms with E-state index in [-0.39, 0.29) is 23.9 Å². The van der Waals surface area contributed by atoms with Crippen molar-refractivity contribution in [1.82, 2.24) is 29.7 Å². The van der Waals surface area contributed by atoms with Crippen molar-refractivity contribution in [2.24, 2.45) is 0 Å². The van der Waals surface area contributed by atoms with Gasteiger partial charge in [-0.3, -0.25) is 9.59 Å². The zero-order chi connectivity index (χ0) is 35.4. The van der Waals surface area contributed by atoms with Crippen molar-refractivity contribution >= 4 is 11.8 Å². The smallest absolute Gasteiger partial charge is 0.231 e. The third kappa shape index (κ3) is 6.86. The molecule has 2 saturated heterocycles. The van der Waals surface area contributed by atoms with Gasteiger partial charge in [0, 0.05) is 18.7 Å². The van der Waals surface area contributed by atoms with Gasteiger partial charge < -0.3 is 24.5 Å². The number of carbonyl (C=O) groups excluding carboxylic acids is 2. The fourth-order valence-electron chi connectivity index (χ4n) is 7.41. The average molecular weight is 689 g/mol. The van der Waals surface area contributed by atoms with E-state index in [0.717, 1.165) is 87.9 Å². The lowest BCUT2D eigenvalue weighted by Crippen LogP contribution is -2.31. The van der Waals surface area contributed by atoms with E-state index in [4.69, 9.17) is 14.7 Å². The molecule has 4 heterocycles. The number of amides is 2. The lowest BCUT2D eigenvalue weighted by Gasteiger charge is -2.23. The summed E-state index contributed by atoms with van der Waals surface area (Å²) in [5, 5.41) is 0. The number of benzene rings is 4. The van der Waals surface area contributed by atoms with Crippen molar-refractivity contribution < 1.29 is 14.3 Å². The van der Waals surface area contributed by atoms with Crippen LogP contribution in [0.3, 0.4) is 0 Å². The molecule has 1 unspecified atom stereocenters. The first-order chi connectivity index (χ1) is 25.5. The maximum atomic E-state index is 13.2. The first-order valence-electron chi connectivity index (χ1n) is 17.8. The molecule has 0 saturated carbocycles. The number of hydrogen-bond acceptors (Lipinski definition) is 5. The second-order valence-electron chi connectivity index (χ2n) is 13.3. The second-order valence-corrected chi connectivity index (χ2v) is 13.3. The molecule has 2 fully saturated rings. The van der Waals surface area contributed by atoms with Gasteiger partial charge in [0.1, 0.15) is 17.4 Å². The molecule has 2 aliphatic heterocycles. The van der Waals surface area contributed by atoms with Crippen LogP contribution in [0.25, 0.3) is 33.6 Å². The number of hydrogen-bond donors (Lipinski definition) is 2. The molecule has 0 spiro atoms. The molecule has 2 aliphatic rings. The normalized spacial score (nSPS) is 17.1. The molecule has 52 heavy (non-hydrogen) atoms. The van der Waals surface area contributed by atoms with Gasteiger partial charge in [0.2, 0.25) is 11.8 Å². The molecule has 2 aromatic heterocycles. The van der Waals surface area contributed by atoms with Crippen LogP contribution in [-0.4, -0.2) is 61.7 Å². The number of methoxy groups -OCH3 is 1. The molecule has 8 rings (SSSR count). The second kappa shape index (κ2) is 14.7. The van der Waals surface area contributed by atoms with E-state index in [1.807, 2.05) is 88.9 Å². The minimum Gasteiger partial charge on any atom is -0.496 e. The van der Waals surface area contributed by atoms with Crippen LogP contribution in [0.4, 0.5) is 0 Å². The van der Waals surface area contributed by atoms with Crippen LogP contribution in [0.2, 0.25) is 0 Å². The minimum absolute atomic E-state index is 0.00544. The molecular weight excluding hydrogens is 649 g/mol. The molecule has 2 radical (unpaired) electrons. The SMILES string of the molecule is COc1ccc(-c2ccc(-c3cnc(C4CCCN4C(=O)[CH]c4ccccc4)[nH]3)cc2)cc1-c1cnc([C@@H]2CCCN2C(=O)[CH]c2ccccc2)[nH]1. The predicted molar refractivity (Wildman–Crippen MR) is 201 cm³/mol. The Bertz CT molecular complexity index is 2160. The molecule has 4 aromatic carbocycles. The van der Waals surface area contributed by atoms with Crippen LogP contribution in [0, 0.1) is 12.8 Å². The van der Waals surface area contributed by atoms with Crippen LogP contribution in [0.15, 0.2) is 116 Å². The van der Waals surface area contributed by atoms with E-state index < -0.39 is 0 Å². The van der Waals surface area contributed by atoms with Gasteiger partial charge in [0.05, 0.1) is 55.8 Å². The topological polar surface area (TPSA) is 107 Å². The molecule has 0 bridgehead atoms. The van der Waals surface area contributed by atoms with Crippen molar-refractivity contribution in [3.05, 3.63) is 151 Å². The van der Waals surface area contributed by atoms with Crippen molar-refractivity contribution in [3.63, 3.8) is 0 Å². The molecule has 260 valence electrons. The summed E-state index contributed by atoms with van der Waals surface area (Å²) in [7, 11) is 1.67. The van der Waals surface area contributed by atoms with E-state index in [9.17, 15) is 9.59 Å². The first-order valence-corrected chi connectivity index (χ1v) is 17.8. The summed E-state index contributed by atoms with van der Waals surface area (Å²) in [6.07, 6.45) is 10.7. The number of aromatic amines is 2. The van der Waals surface area contributed by atoms with Crippen LogP contribution in [0.1, 0.15) is 60.5 Å². The summed E-state index contributed by atoms with van der Waals surface area (Å²) in [4.78, 5) is 46.7. The van der Waals surface area contributed by atoms with E-state index in [2.05, 4.69) is 46.4 Å². The Morgan fingerprint density at radius 1 is 0.654 bits per heavy atom. The van der Waals surface area contributed by atoms with Gasteiger partial charge in [-0.15, -0.1) is 0 Å². The molecule has 9 nitrogen and oxygen atoms in total. The maximum absolute atomic E-state index is 13.2. The summed E-state index contributed by atoms with van der Waals surface area (Å²) < 4.78 is 5.77. The molecule has 9 heteroatoms. The monoisotopic (exact) mass is 688 g/mol. The fourth-order valence-corrected chi connectivity index (χ4v) is 7.41. The maximum Gasteiger partial charge on any atom is 0.231 e. The number of likely N-dealkylation sites (tertiary alicyclic amines) is 2. The minimum atomic E-state index is -0.115. The predicted octanol–water partition coefficient (Wildman–Crippen LogP) is 7.97. The number of nitrogens with one attached hydrogen (secondary N) is 2. The summed E-state index contributed by atoms with van der Waals surface area (Å²) in [5.74, 6) is 2.32. The Morgan fingerprint density at radius 3 is 1.71 bits per heavy atom. The van der Waals surface area contributed by atoms with Gasteiger partial charge in [-0.2, -0.15) is 0 Å². The van der Waals surface area contributed by atoms with Crippen molar-refractivity contribution in [2.75, 3.05) is 20.2 Å². The third-order valence-corrected chi connectivity index (χ3v) is 10.1. The van der Waals surface area contributed by atoms with Gasteiger partial charge in [-0.25, -0.2) is 9.97 Å². The molecular formula is C43H40N6O3. The zero-order valence-electron chi connectivity index (χ0n) is 29.0. The van der Waals surface area contributed by atoms with Crippen LogP contribution >= 0.6 is 0 Å². The Labute approximate surface area is 303 Å². The van der Waals surface area contributed by atoms with Crippen LogP contribution in [-0.2, 0) is 9.59 Å². The Hall–Kier alpha value is -5.96. The molecule has 6 aromatic rings.